The molecule has 0 radical (unpaired) electrons. The van der Waals surface area contributed by atoms with Crippen molar-refractivity contribution in [2.24, 2.45) is 0 Å². The fraction of sp³-hybridized carbons (Fsp3) is 0.385. The topological polar surface area (TPSA) is 51.0 Å². The molecule has 4 nitrogen and oxygen atoms in total. The van der Waals surface area contributed by atoms with Gasteiger partial charge in [-0.1, -0.05) is 36.7 Å². The molecule has 0 atom stereocenters. The first-order chi connectivity index (χ1) is 8.56. The summed E-state index contributed by atoms with van der Waals surface area (Å²) >= 11 is 6.16. The van der Waals surface area contributed by atoms with Gasteiger partial charge in [-0.15, -0.1) is 0 Å². The maximum atomic E-state index is 6.16. The lowest BCUT2D eigenvalue weighted by Crippen LogP contribution is -2.22. The van der Waals surface area contributed by atoms with E-state index >= 15 is 0 Å². The molecule has 0 saturated carbocycles. The average Bonchev–Trinajstić information content (AvgIpc) is 2.75. The van der Waals surface area contributed by atoms with E-state index in [1.807, 2.05) is 25.1 Å². The van der Waals surface area contributed by atoms with E-state index in [0.29, 0.717) is 29.3 Å². The first-order valence-corrected chi connectivity index (χ1v) is 6.26. The van der Waals surface area contributed by atoms with E-state index in [4.69, 9.17) is 16.1 Å². The van der Waals surface area contributed by atoms with Gasteiger partial charge in [-0.3, -0.25) is 0 Å². The fourth-order valence-corrected chi connectivity index (χ4v) is 1.84. The summed E-state index contributed by atoms with van der Waals surface area (Å²) in [6, 6.07) is 6.13. The Labute approximate surface area is 111 Å². The molecule has 2 aromatic rings. The lowest BCUT2D eigenvalue weighted by Gasteiger charge is -2.03. The average molecular weight is 266 g/mol. The van der Waals surface area contributed by atoms with E-state index in [2.05, 4.69) is 29.3 Å². The molecule has 1 aromatic carbocycles. The fourth-order valence-electron chi connectivity index (χ4n) is 1.52. The Hall–Kier alpha value is -1.39. The van der Waals surface area contributed by atoms with Crippen molar-refractivity contribution in [2.45, 2.75) is 33.4 Å². The molecular formula is C13H16ClN3O. The molecule has 0 unspecified atom stereocenters. The summed E-state index contributed by atoms with van der Waals surface area (Å²) in [7, 11) is 0. The van der Waals surface area contributed by atoms with Gasteiger partial charge in [-0.05, 0) is 24.6 Å². The summed E-state index contributed by atoms with van der Waals surface area (Å²) in [5.41, 5.74) is 1.87. The van der Waals surface area contributed by atoms with Crippen LogP contribution in [0.1, 0.15) is 25.2 Å². The third kappa shape index (κ3) is 3.09. The molecule has 1 heterocycles. The van der Waals surface area contributed by atoms with Crippen molar-refractivity contribution in [3.8, 4) is 11.5 Å². The zero-order valence-electron chi connectivity index (χ0n) is 10.7. The second-order valence-electron chi connectivity index (χ2n) is 4.53. The van der Waals surface area contributed by atoms with Crippen LogP contribution in [-0.2, 0) is 6.54 Å². The smallest absolute Gasteiger partial charge is 0.259 e. The molecule has 0 spiro atoms. The van der Waals surface area contributed by atoms with E-state index in [-0.39, 0.29) is 0 Å². The molecule has 2 rings (SSSR count). The number of nitrogens with one attached hydrogen (secondary N) is 1. The second kappa shape index (κ2) is 5.50. The highest BCUT2D eigenvalue weighted by atomic mass is 35.5. The summed E-state index contributed by atoms with van der Waals surface area (Å²) in [4.78, 5) is 4.32. The summed E-state index contributed by atoms with van der Waals surface area (Å²) in [6.07, 6.45) is 0. The number of aromatic nitrogens is 2. The number of benzene rings is 1. The number of rotatable bonds is 4. The zero-order chi connectivity index (χ0) is 13.1. The van der Waals surface area contributed by atoms with Gasteiger partial charge >= 0.3 is 0 Å². The summed E-state index contributed by atoms with van der Waals surface area (Å²) < 4.78 is 5.22. The highest BCUT2D eigenvalue weighted by molar-refractivity contribution is 6.33. The Bertz CT molecular complexity index is 537. The predicted octanol–water partition coefficient (Wildman–Crippen LogP) is 3.20. The van der Waals surface area contributed by atoms with Crippen LogP contribution >= 0.6 is 11.6 Å². The Morgan fingerprint density at radius 1 is 1.39 bits per heavy atom. The third-order valence-corrected chi connectivity index (χ3v) is 2.80. The minimum atomic E-state index is 0.384. The lowest BCUT2D eigenvalue weighted by atomic mass is 10.1. The molecule has 96 valence electrons. The Morgan fingerprint density at radius 3 is 2.83 bits per heavy atom. The summed E-state index contributed by atoms with van der Waals surface area (Å²) in [5, 5.41) is 7.78. The summed E-state index contributed by atoms with van der Waals surface area (Å²) in [5.74, 6) is 1.09. The van der Waals surface area contributed by atoms with Crippen LogP contribution in [0.25, 0.3) is 11.5 Å². The van der Waals surface area contributed by atoms with Crippen LogP contribution in [-0.4, -0.2) is 16.2 Å². The highest BCUT2D eigenvalue weighted by Crippen LogP contribution is 2.27. The van der Waals surface area contributed by atoms with Crippen LogP contribution in [0, 0.1) is 6.92 Å². The number of hydrogen-bond donors (Lipinski definition) is 1. The van der Waals surface area contributed by atoms with Crippen molar-refractivity contribution in [2.75, 3.05) is 0 Å². The Balaban J connectivity index is 2.18. The van der Waals surface area contributed by atoms with Gasteiger partial charge in [0.1, 0.15) is 0 Å². The molecule has 0 aliphatic heterocycles. The van der Waals surface area contributed by atoms with E-state index in [9.17, 15) is 0 Å². The molecule has 0 aliphatic carbocycles. The quantitative estimate of drug-likeness (QED) is 0.922. The monoisotopic (exact) mass is 265 g/mol. The number of hydrogen-bond acceptors (Lipinski definition) is 4. The van der Waals surface area contributed by atoms with Gasteiger partial charge in [-0.2, -0.15) is 4.98 Å². The SMILES string of the molecule is Cc1ccc(-c2nc(CNC(C)C)no2)c(Cl)c1. The highest BCUT2D eigenvalue weighted by Gasteiger charge is 2.12. The minimum Gasteiger partial charge on any atom is -0.334 e. The van der Waals surface area contributed by atoms with Crippen molar-refractivity contribution in [3.05, 3.63) is 34.6 Å². The van der Waals surface area contributed by atoms with Crippen molar-refractivity contribution in [1.82, 2.24) is 15.5 Å². The molecule has 5 heteroatoms. The van der Waals surface area contributed by atoms with Gasteiger partial charge in [0.05, 0.1) is 17.1 Å². The Kier molecular flexibility index (Phi) is 3.99. The van der Waals surface area contributed by atoms with Gasteiger partial charge in [0, 0.05) is 6.04 Å². The van der Waals surface area contributed by atoms with E-state index < -0.39 is 0 Å². The lowest BCUT2D eigenvalue weighted by molar-refractivity contribution is 0.417. The van der Waals surface area contributed by atoms with Gasteiger partial charge in [0.2, 0.25) is 0 Å². The van der Waals surface area contributed by atoms with Crippen molar-refractivity contribution < 1.29 is 4.52 Å². The molecule has 1 N–H and O–H groups in total. The molecular weight excluding hydrogens is 250 g/mol. The Morgan fingerprint density at radius 2 is 2.17 bits per heavy atom. The second-order valence-corrected chi connectivity index (χ2v) is 4.94. The third-order valence-electron chi connectivity index (χ3n) is 2.49. The molecule has 1 aromatic heterocycles. The summed E-state index contributed by atoms with van der Waals surface area (Å²) in [6.45, 7) is 6.71. The number of aryl methyl sites for hydroxylation is 1. The van der Waals surface area contributed by atoms with E-state index in [0.717, 1.165) is 11.1 Å². The largest absolute Gasteiger partial charge is 0.334 e. The standard InChI is InChI=1S/C13H16ClN3O/c1-8(2)15-7-12-16-13(18-17-12)10-5-4-9(3)6-11(10)14/h4-6,8,15H,7H2,1-3H3. The minimum absolute atomic E-state index is 0.384. The molecule has 18 heavy (non-hydrogen) atoms. The molecule has 0 fully saturated rings. The van der Waals surface area contributed by atoms with E-state index in [1.54, 1.807) is 0 Å². The molecule has 0 amide bonds. The van der Waals surface area contributed by atoms with Crippen molar-refractivity contribution >= 4 is 11.6 Å². The van der Waals surface area contributed by atoms with Crippen molar-refractivity contribution in [1.29, 1.82) is 0 Å². The molecule has 0 bridgehead atoms. The van der Waals surface area contributed by atoms with Crippen LogP contribution in [0.15, 0.2) is 22.7 Å². The zero-order valence-corrected chi connectivity index (χ0v) is 11.5. The van der Waals surface area contributed by atoms with Crippen LogP contribution in [0.4, 0.5) is 0 Å². The number of nitrogens with zero attached hydrogens (tertiary/aromatic N) is 2. The maximum absolute atomic E-state index is 6.16. The van der Waals surface area contributed by atoms with Crippen LogP contribution < -0.4 is 5.32 Å². The van der Waals surface area contributed by atoms with Crippen LogP contribution in [0.2, 0.25) is 5.02 Å². The van der Waals surface area contributed by atoms with Crippen LogP contribution in [0.5, 0.6) is 0 Å². The first kappa shape index (κ1) is 13.1. The normalized spacial score (nSPS) is 11.2. The molecule has 0 saturated heterocycles. The van der Waals surface area contributed by atoms with Gasteiger partial charge < -0.3 is 9.84 Å². The van der Waals surface area contributed by atoms with Crippen LogP contribution in [0.3, 0.4) is 0 Å². The first-order valence-electron chi connectivity index (χ1n) is 5.89. The predicted molar refractivity (Wildman–Crippen MR) is 71.5 cm³/mol. The van der Waals surface area contributed by atoms with Crippen molar-refractivity contribution in [3.63, 3.8) is 0 Å². The van der Waals surface area contributed by atoms with Gasteiger partial charge in [0.25, 0.3) is 5.89 Å². The van der Waals surface area contributed by atoms with Gasteiger partial charge in [-0.25, -0.2) is 0 Å². The van der Waals surface area contributed by atoms with Gasteiger partial charge in [0.15, 0.2) is 5.82 Å². The maximum Gasteiger partial charge on any atom is 0.259 e. The number of halogens is 1. The molecule has 0 aliphatic rings. The van der Waals surface area contributed by atoms with E-state index in [1.165, 1.54) is 0 Å².